The largest absolute Gasteiger partial charge is 0.377 e. The van der Waals surface area contributed by atoms with Crippen molar-refractivity contribution in [1.29, 1.82) is 5.26 Å². The highest BCUT2D eigenvalue weighted by Crippen LogP contribution is 2.36. The van der Waals surface area contributed by atoms with Crippen LogP contribution in [0.2, 0.25) is 10.0 Å². The van der Waals surface area contributed by atoms with Gasteiger partial charge in [-0.25, -0.2) is 0 Å². The lowest BCUT2D eigenvalue weighted by atomic mass is 10.0. The fourth-order valence-corrected chi connectivity index (χ4v) is 4.52. The van der Waals surface area contributed by atoms with Crippen LogP contribution in [-0.2, 0) is 0 Å². The van der Waals surface area contributed by atoms with Crippen LogP contribution >= 0.6 is 23.2 Å². The topological polar surface area (TPSA) is 102 Å². The molecule has 0 bridgehead atoms. The molecule has 2 aromatic heterocycles. The lowest BCUT2D eigenvalue weighted by Crippen LogP contribution is -2.13. The van der Waals surface area contributed by atoms with Crippen LogP contribution in [0.3, 0.4) is 0 Å². The molecule has 0 aliphatic rings. The van der Waals surface area contributed by atoms with E-state index in [-0.39, 0.29) is 12.1 Å². The number of benzene rings is 3. The highest BCUT2D eigenvalue weighted by atomic mass is 35.5. The summed E-state index contributed by atoms with van der Waals surface area (Å²) >= 11 is 12.8. The molecule has 2 heterocycles. The third-order valence-electron chi connectivity index (χ3n) is 5.95. The van der Waals surface area contributed by atoms with Crippen LogP contribution in [0.1, 0.15) is 41.4 Å². The van der Waals surface area contributed by atoms with Gasteiger partial charge in [0.25, 0.3) is 0 Å². The molecule has 5 aromatic rings. The van der Waals surface area contributed by atoms with Gasteiger partial charge in [-0.3, -0.25) is 10.1 Å². The van der Waals surface area contributed by atoms with Crippen molar-refractivity contribution in [1.82, 2.24) is 20.4 Å². The van der Waals surface area contributed by atoms with Gasteiger partial charge in [-0.15, -0.1) is 5.10 Å². The SMILES string of the molecule is CC(Nc1c(C#N)cnc2c(Cl)cc(NC(c3ccc(Cl)cc3)c3c[nH]nn3)cc12)c1ccccc1. The van der Waals surface area contributed by atoms with E-state index in [1.54, 1.807) is 12.4 Å². The Kier molecular flexibility index (Phi) is 6.72. The lowest BCUT2D eigenvalue weighted by molar-refractivity contribution is 0.852. The maximum Gasteiger partial charge on any atom is 0.109 e. The number of anilines is 2. The van der Waals surface area contributed by atoms with Crippen molar-refractivity contribution in [2.45, 2.75) is 19.0 Å². The van der Waals surface area contributed by atoms with Gasteiger partial charge in [0.15, 0.2) is 0 Å². The van der Waals surface area contributed by atoms with E-state index >= 15 is 0 Å². The molecule has 0 radical (unpaired) electrons. The number of hydrogen-bond acceptors (Lipinski definition) is 6. The summed E-state index contributed by atoms with van der Waals surface area (Å²) in [6, 6.07) is 23.2. The van der Waals surface area contributed by atoms with Gasteiger partial charge in [-0.1, -0.05) is 70.9 Å². The van der Waals surface area contributed by atoms with Crippen LogP contribution in [0, 0.1) is 11.3 Å². The zero-order valence-corrected chi connectivity index (χ0v) is 20.7. The molecule has 3 N–H and O–H groups in total. The van der Waals surface area contributed by atoms with Crippen molar-refractivity contribution >= 4 is 45.5 Å². The van der Waals surface area contributed by atoms with Crippen LogP contribution < -0.4 is 10.6 Å². The van der Waals surface area contributed by atoms with E-state index in [2.05, 4.69) is 37.1 Å². The Morgan fingerprint density at radius 3 is 2.44 bits per heavy atom. The van der Waals surface area contributed by atoms with E-state index in [0.717, 1.165) is 22.2 Å². The molecule has 0 fully saturated rings. The molecule has 0 amide bonds. The average molecular weight is 514 g/mol. The zero-order chi connectivity index (χ0) is 25.1. The Morgan fingerprint density at radius 2 is 1.75 bits per heavy atom. The minimum atomic E-state index is -0.318. The van der Waals surface area contributed by atoms with Gasteiger partial charge in [0, 0.05) is 34.5 Å². The Hall–Kier alpha value is -4.12. The summed E-state index contributed by atoms with van der Waals surface area (Å²) in [4.78, 5) is 4.47. The number of hydrogen-bond donors (Lipinski definition) is 3. The molecule has 5 rings (SSSR count). The van der Waals surface area contributed by atoms with Crippen LogP contribution in [0.4, 0.5) is 11.4 Å². The standard InChI is InChI=1S/C27H21Cl2N7/c1-16(17-5-3-2-4-6-17)33-25-19(13-30)14-31-27-22(25)11-21(12-23(27)29)34-26(24-15-32-36-35-24)18-7-9-20(28)10-8-18/h2-12,14-16,26,34H,1H3,(H,31,33)(H,32,35,36). The molecule has 0 aliphatic heterocycles. The minimum Gasteiger partial charge on any atom is -0.377 e. The van der Waals surface area contributed by atoms with Crippen molar-refractivity contribution in [2.75, 3.05) is 10.6 Å². The van der Waals surface area contributed by atoms with Crippen molar-refractivity contribution < 1.29 is 0 Å². The maximum absolute atomic E-state index is 9.83. The molecular weight excluding hydrogens is 493 g/mol. The minimum absolute atomic E-state index is 0.0452. The number of halogens is 2. The number of H-pyrrole nitrogens is 1. The number of aromatic amines is 1. The summed E-state index contributed by atoms with van der Waals surface area (Å²) in [6.07, 6.45) is 3.28. The Bertz CT molecular complexity index is 1530. The fraction of sp³-hybridized carbons (Fsp3) is 0.111. The molecule has 7 nitrogen and oxygen atoms in total. The van der Waals surface area contributed by atoms with E-state index in [9.17, 15) is 5.26 Å². The molecular formula is C27H21Cl2N7. The van der Waals surface area contributed by atoms with Crippen LogP contribution in [0.15, 0.2) is 79.1 Å². The number of rotatable bonds is 7. The van der Waals surface area contributed by atoms with Crippen molar-refractivity contribution in [3.63, 3.8) is 0 Å². The fourth-order valence-electron chi connectivity index (χ4n) is 4.13. The predicted molar refractivity (Wildman–Crippen MR) is 143 cm³/mol. The second-order valence-corrected chi connectivity index (χ2v) is 9.16. The molecule has 0 saturated heterocycles. The molecule has 9 heteroatoms. The van der Waals surface area contributed by atoms with E-state index in [0.29, 0.717) is 32.5 Å². The molecule has 2 atom stereocenters. The van der Waals surface area contributed by atoms with Gasteiger partial charge in [-0.2, -0.15) is 5.26 Å². The first kappa shape index (κ1) is 23.6. The van der Waals surface area contributed by atoms with Gasteiger partial charge < -0.3 is 10.6 Å². The number of nitriles is 1. The highest BCUT2D eigenvalue weighted by molar-refractivity contribution is 6.36. The molecule has 36 heavy (non-hydrogen) atoms. The molecule has 0 aliphatic carbocycles. The summed E-state index contributed by atoms with van der Waals surface area (Å²) in [5.74, 6) is 0. The van der Waals surface area contributed by atoms with Crippen LogP contribution in [-0.4, -0.2) is 20.4 Å². The molecule has 0 spiro atoms. The normalized spacial score (nSPS) is 12.6. The maximum atomic E-state index is 9.83. The number of aromatic nitrogens is 4. The summed E-state index contributed by atoms with van der Waals surface area (Å²) in [7, 11) is 0. The van der Waals surface area contributed by atoms with Crippen LogP contribution in [0.25, 0.3) is 10.9 Å². The number of fused-ring (bicyclic) bond motifs is 1. The number of nitrogens with zero attached hydrogens (tertiary/aromatic N) is 4. The van der Waals surface area contributed by atoms with Gasteiger partial charge in [0.1, 0.15) is 11.8 Å². The molecule has 0 saturated carbocycles. The van der Waals surface area contributed by atoms with Crippen LogP contribution in [0.5, 0.6) is 0 Å². The summed E-state index contributed by atoms with van der Waals surface area (Å²) in [6.45, 7) is 2.05. The molecule has 178 valence electrons. The van der Waals surface area contributed by atoms with Gasteiger partial charge >= 0.3 is 0 Å². The summed E-state index contributed by atoms with van der Waals surface area (Å²) in [5.41, 5.74) is 5.20. The summed E-state index contributed by atoms with van der Waals surface area (Å²) < 4.78 is 0. The van der Waals surface area contributed by atoms with Gasteiger partial charge in [0.05, 0.1) is 27.8 Å². The van der Waals surface area contributed by atoms with Crippen molar-refractivity contribution in [3.8, 4) is 6.07 Å². The smallest absolute Gasteiger partial charge is 0.109 e. The van der Waals surface area contributed by atoms with E-state index in [1.807, 2.05) is 73.7 Å². The first-order valence-corrected chi connectivity index (χ1v) is 12.0. The van der Waals surface area contributed by atoms with E-state index in [1.165, 1.54) is 0 Å². The number of nitrogens with one attached hydrogen (secondary N) is 3. The molecule has 3 aromatic carbocycles. The predicted octanol–water partition coefficient (Wildman–Crippen LogP) is 6.91. The monoisotopic (exact) mass is 513 g/mol. The van der Waals surface area contributed by atoms with Gasteiger partial charge in [-0.05, 0) is 42.3 Å². The summed E-state index contributed by atoms with van der Waals surface area (Å²) in [5, 5.41) is 29.5. The quantitative estimate of drug-likeness (QED) is 0.218. The Balaban J connectivity index is 1.58. The van der Waals surface area contributed by atoms with E-state index < -0.39 is 0 Å². The average Bonchev–Trinajstić information content (AvgIpc) is 3.43. The van der Waals surface area contributed by atoms with E-state index in [4.69, 9.17) is 23.2 Å². The zero-order valence-electron chi connectivity index (χ0n) is 19.2. The van der Waals surface area contributed by atoms with Gasteiger partial charge in [0.2, 0.25) is 0 Å². The molecule has 2 unspecified atom stereocenters. The van der Waals surface area contributed by atoms with Crippen molar-refractivity contribution in [3.05, 3.63) is 112 Å². The highest BCUT2D eigenvalue weighted by Gasteiger charge is 2.20. The first-order valence-electron chi connectivity index (χ1n) is 11.3. The third kappa shape index (κ3) is 4.82. The first-order chi connectivity index (χ1) is 17.5. The lowest BCUT2D eigenvalue weighted by Gasteiger charge is -2.21. The number of pyridine rings is 1. The Morgan fingerprint density at radius 1 is 0.972 bits per heavy atom. The Labute approximate surface area is 218 Å². The second-order valence-electron chi connectivity index (χ2n) is 8.32. The third-order valence-corrected chi connectivity index (χ3v) is 6.49. The second kappa shape index (κ2) is 10.2. The van der Waals surface area contributed by atoms with Crippen molar-refractivity contribution in [2.24, 2.45) is 0 Å².